The number of aromatic nitrogens is 1. The fraction of sp³-hybridized carbons (Fsp3) is 0. The lowest BCUT2D eigenvalue weighted by molar-refractivity contribution is 0.480. The number of nitrogen functional groups attached to an aromatic ring is 1. The highest BCUT2D eigenvalue weighted by atomic mass is 19.1. The second-order valence-corrected chi connectivity index (χ2v) is 3.08. The molecule has 16 heavy (non-hydrogen) atoms. The van der Waals surface area contributed by atoms with Gasteiger partial charge in [-0.2, -0.15) is 0 Å². The van der Waals surface area contributed by atoms with Gasteiger partial charge in [0, 0.05) is 12.3 Å². The number of hydrazine groups is 1. The highest BCUT2D eigenvalue weighted by molar-refractivity contribution is 5.41. The van der Waals surface area contributed by atoms with E-state index in [2.05, 4.69) is 10.4 Å². The number of rotatable bonds is 3. The summed E-state index contributed by atoms with van der Waals surface area (Å²) in [7, 11) is 0. The zero-order chi connectivity index (χ0) is 11.4. The fourth-order valence-corrected chi connectivity index (χ4v) is 1.19. The number of nitrogens with zero attached hydrogens (tertiary/aromatic N) is 1. The van der Waals surface area contributed by atoms with Crippen LogP contribution >= 0.6 is 0 Å². The first-order valence-electron chi connectivity index (χ1n) is 4.64. The number of anilines is 1. The third-order valence-corrected chi connectivity index (χ3v) is 1.93. The lowest BCUT2D eigenvalue weighted by atomic mass is 10.3. The van der Waals surface area contributed by atoms with Crippen molar-refractivity contribution in [2.75, 3.05) is 5.43 Å². The Bertz CT molecular complexity index is 473. The topological polar surface area (TPSA) is 60.2 Å². The van der Waals surface area contributed by atoms with Crippen molar-refractivity contribution in [3.05, 3.63) is 48.4 Å². The molecule has 0 unspecified atom stereocenters. The molecule has 1 heterocycles. The van der Waals surface area contributed by atoms with E-state index in [0.29, 0.717) is 17.3 Å². The van der Waals surface area contributed by atoms with Gasteiger partial charge in [-0.1, -0.05) is 0 Å². The van der Waals surface area contributed by atoms with Crippen molar-refractivity contribution in [1.29, 1.82) is 0 Å². The summed E-state index contributed by atoms with van der Waals surface area (Å²) in [5, 5.41) is 0. The fourth-order valence-electron chi connectivity index (χ4n) is 1.19. The molecule has 1 aromatic carbocycles. The average molecular weight is 219 g/mol. The van der Waals surface area contributed by atoms with Crippen LogP contribution in [0.5, 0.6) is 11.5 Å². The molecule has 0 aliphatic heterocycles. The van der Waals surface area contributed by atoms with E-state index in [9.17, 15) is 4.39 Å². The third-order valence-electron chi connectivity index (χ3n) is 1.93. The lowest BCUT2D eigenvalue weighted by Gasteiger charge is -2.06. The van der Waals surface area contributed by atoms with Crippen LogP contribution in [0.1, 0.15) is 0 Å². The molecule has 0 bridgehead atoms. The molecule has 4 nitrogen and oxygen atoms in total. The zero-order valence-corrected chi connectivity index (χ0v) is 8.35. The van der Waals surface area contributed by atoms with Crippen LogP contribution in [-0.2, 0) is 0 Å². The summed E-state index contributed by atoms with van der Waals surface area (Å²) < 4.78 is 18.1. The highest BCUT2D eigenvalue weighted by Crippen LogP contribution is 2.22. The molecule has 0 amide bonds. The summed E-state index contributed by atoms with van der Waals surface area (Å²) in [4.78, 5) is 3.94. The number of hydrogen-bond donors (Lipinski definition) is 2. The van der Waals surface area contributed by atoms with Crippen molar-refractivity contribution in [2.24, 2.45) is 5.84 Å². The molecule has 0 atom stereocenters. The molecule has 1 aromatic heterocycles. The minimum absolute atomic E-state index is 0.300. The Hall–Kier alpha value is -2.14. The lowest BCUT2D eigenvalue weighted by Crippen LogP contribution is -2.08. The van der Waals surface area contributed by atoms with Crippen molar-refractivity contribution < 1.29 is 9.13 Å². The maximum atomic E-state index is 12.7. The van der Waals surface area contributed by atoms with Crippen LogP contribution in [0.3, 0.4) is 0 Å². The van der Waals surface area contributed by atoms with Gasteiger partial charge in [0.2, 0.25) is 0 Å². The molecule has 5 heteroatoms. The minimum Gasteiger partial charge on any atom is -0.457 e. The number of hydrogen-bond acceptors (Lipinski definition) is 4. The summed E-state index contributed by atoms with van der Waals surface area (Å²) in [6, 6.07) is 9.08. The van der Waals surface area contributed by atoms with Gasteiger partial charge in [-0.15, -0.1) is 0 Å². The summed E-state index contributed by atoms with van der Waals surface area (Å²) in [5.74, 6) is 6.54. The van der Waals surface area contributed by atoms with Gasteiger partial charge in [-0.05, 0) is 30.3 Å². The molecule has 0 aliphatic rings. The Labute approximate surface area is 91.8 Å². The van der Waals surface area contributed by atoms with Crippen LogP contribution in [0, 0.1) is 5.82 Å². The Morgan fingerprint density at radius 2 is 1.88 bits per heavy atom. The van der Waals surface area contributed by atoms with Gasteiger partial charge >= 0.3 is 0 Å². The molecular formula is C11H10FN3O. The van der Waals surface area contributed by atoms with Gasteiger partial charge in [0.05, 0.1) is 0 Å². The van der Waals surface area contributed by atoms with Crippen LogP contribution in [0.2, 0.25) is 0 Å². The van der Waals surface area contributed by atoms with Crippen molar-refractivity contribution in [1.82, 2.24) is 4.98 Å². The molecule has 0 saturated carbocycles. The van der Waals surface area contributed by atoms with Crippen LogP contribution in [0.4, 0.5) is 10.2 Å². The Morgan fingerprint density at radius 1 is 1.12 bits per heavy atom. The number of halogens is 1. The monoisotopic (exact) mass is 219 g/mol. The molecular weight excluding hydrogens is 209 g/mol. The predicted molar refractivity (Wildman–Crippen MR) is 58.5 cm³/mol. The summed E-state index contributed by atoms with van der Waals surface area (Å²) >= 11 is 0. The van der Waals surface area contributed by atoms with E-state index < -0.39 is 0 Å². The van der Waals surface area contributed by atoms with E-state index in [4.69, 9.17) is 10.6 Å². The molecule has 0 spiro atoms. The van der Waals surface area contributed by atoms with E-state index in [1.165, 1.54) is 12.1 Å². The van der Waals surface area contributed by atoms with Gasteiger partial charge in [0.15, 0.2) is 0 Å². The van der Waals surface area contributed by atoms with E-state index in [0.717, 1.165) is 0 Å². The van der Waals surface area contributed by atoms with Crippen molar-refractivity contribution in [3.8, 4) is 11.5 Å². The molecule has 2 aromatic rings. The molecule has 82 valence electrons. The molecule has 0 aliphatic carbocycles. The minimum atomic E-state index is -0.300. The Morgan fingerprint density at radius 3 is 2.56 bits per heavy atom. The van der Waals surface area contributed by atoms with Gasteiger partial charge < -0.3 is 10.2 Å². The maximum Gasteiger partial charge on any atom is 0.143 e. The predicted octanol–water partition coefficient (Wildman–Crippen LogP) is 2.30. The first-order valence-corrected chi connectivity index (χ1v) is 4.64. The van der Waals surface area contributed by atoms with E-state index >= 15 is 0 Å². The number of nitrogens with one attached hydrogen (secondary N) is 1. The second-order valence-electron chi connectivity index (χ2n) is 3.08. The van der Waals surface area contributed by atoms with E-state index in [1.807, 2.05) is 0 Å². The maximum absolute atomic E-state index is 12.7. The van der Waals surface area contributed by atoms with Gasteiger partial charge in [0.25, 0.3) is 0 Å². The first-order chi connectivity index (χ1) is 7.78. The van der Waals surface area contributed by atoms with Crippen molar-refractivity contribution in [3.63, 3.8) is 0 Å². The molecule has 2 rings (SSSR count). The van der Waals surface area contributed by atoms with Crippen molar-refractivity contribution in [2.45, 2.75) is 0 Å². The van der Waals surface area contributed by atoms with Gasteiger partial charge in [-0.25, -0.2) is 15.2 Å². The molecule has 0 fully saturated rings. The number of benzene rings is 1. The van der Waals surface area contributed by atoms with Crippen LogP contribution < -0.4 is 16.0 Å². The quantitative estimate of drug-likeness (QED) is 0.614. The smallest absolute Gasteiger partial charge is 0.143 e. The summed E-state index contributed by atoms with van der Waals surface area (Å²) in [6.07, 6.45) is 1.56. The third kappa shape index (κ3) is 2.46. The second kappa shape index (κ2) is 4.59. The van der Waals surface area contributed by atoms with E-state index in [1.54, 1.807) is 30.5 Å². The first kappa shape index (κ1) is 10.4. The molecule has 3 N–H and O–H groups in total. The molecule has 0 radical (unpaired) electrons. The van der Waals surface area contributed by atoms with Crippen LogP contribution in [-0.4, -0.2) is 4.98 Å². The van der Waals surface area contributed by atoms with Crippen LogP contribution in [0.25, 0.3) is 0 Å². The SMILES string of the molecule is NNc1cc(Oc2ccc(F)cc2)ccn1. The summed E-state index contributed by atoms with van der Waals surface area (Å²) in [5.41, 5.74) is 2.41. The largest absolute Gasteiger partial charge is 0.457 e. The number of pyridine rings is 1. The standard InChI is InChI=1S/C11H10FN3O/c12-8-1-3-9(4-2-8)16-10-5-6-14-11(7-10)15-13/h1-7H,13H2,(H,14,15). The van der Waals surface area contributed by atoms with Gasteiger partial charge in [-0.3, -0.25) is 0 Å². The Kier molecular flexibility index (Phi) is 2.98. The van der Waals surface area contributed by atoms with Crippen molar-refractivity contribution >= 4 is 5.82 Å². The number of nitrogens with two attached hydrogens (primary N) is 1. The normalized spacial score (nSPS) is 9.88. The van der Waals surface area contributed by atoms with Crippen LogP contribution in [0.15, 0.2) is 42.6 Å². The zero-order valence-electron chi connectivity index (χ0n) is 8.35. The van der Waals surface area contributed by atoms with E-state index in [-0.39, 0.29) is 5.82 Å². The number of ether oxygens (including phenoxy) is 1. The Balaban J connectivity index is 2.16. The highest BCUT2D eigenvalue weighted by Gasteiger charge is 1.99. The summed E-state index contributed by atoms with van der Waals surface area (Å²) in [6.45, 7) is 0. The molecule has 0 saturated heterocycles. The van der Waals surface area contributed by atoms with Gasteiger partial charge in [0.1, 0.15) is 23.1 Å². The average Bonchev–Trinajstić information content (AvgIpc) is 2.32.